The average molecular weight is 277 g/mol. The number of ether oxygens (including phenoxy) is 2. The molecule has 0 heterocycles. The monoisotopic (exact) mass is 277 g/mol. The van der Waals surface area contributed by atoms with Crippen LogP contribution in [0.1, 0.15) is 38.7 Å². The first-order chi connectivity index (χ1) is 9.67. The number of hydrogen-bond donors (Lipinski definition) is 1. The number of unbranched alkanes of at least 4 members (excludes halogenated alkanes) is 1. The van der Waals surface area contributed by atoms with Crippen molar-refractivity contribution in [2.75, 3.05) is 13.2 Å². The van der Waals surface area contributed by atoms with E-state index in [4.69, 9.17) is 15.2 Å². The predicted octanol–water partition coefficient (Wildman–Crippen LogP) is 3.71. The molecular weight excluding hydrogens is 250 g/mol. The molecule has 112 valence electrons. The summed E-state index contributed by atoms with van der Waals surface area (Å²) in [6, 6.07) is 6.13. The highest BCUT2D eigenvalue weighted by Gasteiger charge is 2.08. The van der Waals surface area contributed by atoms with Gasteiger partial charge in [0, 0.05) is 12.1 Å². The molecule has 1 aromatic rings. The van der Waals surface area contributed by atoms with E-state index in [1.165, 1.54) is 0 Å². The Morgan fingerprint density at radius 2 is 2.10 bits per heavy atom. The van der Waals surface area contributed by atoms with Crippen LogP contribution in [0.3, 0.4) is 0 Å². The zero-order valence-corrected chi connectivity index (χ0v) is 12.7. The summed E-state index contributed by atoms with van der Waals surface area (Å²) in [6.07, 6.45) is 5.66. The van der Waals surface area contributed by atoms with Crippen LogP contribution in [0.5, 0.6) is 11.5 Å². The second-order valence-corrected chi connectivity index (χ2v) is 5.08. The molecule has 0 bridgehead atoms. The molecule has 0 aliphatic heterocycles. The summed E-state index contributed by atoms with van der Waals surface area (Å²) in [5, 5.41) is 0. The first kappa shape index (κ1) is 16.6. The summed E-state index contributed by atoms with van der Waals surface area (Å²) in [7, 11) is 0. The van der Waals surface area contributed by atoms with E-state index in [1.54, 1.807) is 0 Å². The van der Waals surface area contributed by atoms with Crippen LogP contribution in [0.2, 0.25) is 0 Å². The van der Waals surface area contributed by atoms with E-state index in [2.05, 4.69) is 19.6 Å². The molecular formula is C17H27NO2. The maximum Gasteiger partial charge on any atom is 0.126 e. The third-order valence-corrected chi connectivity index (χ3v) is 2.86. The van der Waals surface area contributed by atoms with Gasteiger partial charge in [-0.1, -0.05) is 19.1 Å². The van der Waals surface area contributed by atoms with Gasteiger partial charge in [-0.2, -0.15) is 0 Å². The Kier molecular flexibility index (Phi) is 7.81. The fourth-order valence-corrected chi connectivity index (χ4v) is 1.90. The van der Waals surface area contributed by atoms with Gasteiger partial charge in [0.05, 0.1) is 13.2 Å². The molecule has 0 radical (unpaired) electrons. The van der Waals surface area contributed by atoms with E-state index in [0.717, 1.165) is 49.4 Å². The van der Waals surface area contributed by atoms with E-state index in [1.807, 2.05) is 25.1 Å². The molecule has 0 amide bonds. The van der Waals surface area contributed by atoms with Gasteiger partial charge in [0.15, 0.2) is 0 Å². The largest absolute Gasteiger partial charge is 0.493 e. The average Bonchev–Trinajstić information content (AvgIpc) is 2.43. The zero-order chi connectivity index (χ0) is 14.8. The maximum absolute atomic E-state index is 5.89. The van der Waals surface area contributed by atoms with Crippen LogP contribution >= 0.6 is 0 Å². The molecule has 0 aliphatic rings. The van der Waals surface area contributed by atoms with Crippen molar-refractivity contribution in [2.45, 2.75) is 45.6 Å². The minimum absolute atomic E-state index is 0.118. The highest BCUT2D eigenvalue weighted by atomic mass is 16.5. The lowest BCUT2D eigenvalue weighted by Crippen LogP contribution is -2.18. The minimum atomic E-state index is 0.118. The van der Waals surface area contributed by atoms with Gasteiger partial charge in [0.2, 0.25) is 0 Å². The van der Waals surface area contributed by atoms with Crippen molar-refractivity contribution in [1.82, 2.24) is 0 Å². The Morgan fingerprint density at radius 1 is 1.30 bits per heavy atom. The Labute approximate surface area is 122 Å². The summed E-state index contributed by atoms with van der Waals surface area (Å²) in [5.41, 5.74) is 7.03. The van der Waals surface area contributed by atoms with E-state index < -0.39 is 0 Å². The summed E-state index contributed by atoms with van der Waals surface area (Å²) in [5.74, 6) is 1.75. The summed E-state index contributed by atoms with van der Waals surface area (Å²) < 4.78 is 11.5. The molecule has 0 saturated carbocycles. The SMILES string of the molecule is C=CCCCOc1cc(OCCC)ccc1CC(C)N. The van der Waals surface area contributed by atoms with E-state index in [9.17, 15) is 0 Å². The highest BCUT2D eigenvalue weighted by Crippen LogP contribution is 2.26. The third kappa shape index (κ3) is 6.11. The van der Waals surface area contributed by atoms with E-state index in [0.29, 0.717) is 6.61 Å². The molecule has 0 spiro atoms. The highest BCUT2D eigenvalue weighted by molar-refractivity contribution is 5.41. The second kappa shape index (κ2) is 9.43. The molecule has 1 atom stereocenters. The zero-order valence-electron chi connectivity index (χ0n) is 12.7. The Balaban J connectivity index is 2.73. The van der Waals surface area contributed by atoms with Crippen LogP contribution in [-0.2, 0) is 6.42 Å². The molecule has 1 rings (SSSR count). The topological polar surface area (TPSA) is 44.5 Å². The van der Waals surface area contributed by atoms with Crippen LogP contribution < -0.4 is 15.2 Å². The van der Waals surface area contributed by atoms with Crippen molar-refractivity contribution in [3.05, 3.63) is 36.4 Å². The molecule has 1 aromatic carbocycles. The number of rotatable bonds is 10. The van der Waals surface area contributed by atoms with Crippen molar-refractivity contribution >= 4 is 0 Å². The predicted molar refractivity (Wildman–Crippen MR) is 84.5 cm³/mol. The van der Waals surface area contributed by atoms with Gasteiger partial charge in [-0.3, -0.25) is 0 Å². The molecule has 2 N–H and O–H groups in total. The number of nitrogens with two attached hydrogens (primary N) is 1. The molecule has 0 fully saturated rings. The maximum atomic E-state index is 5.89. The van der Waals surface area contributed by atoms with Crippen LogP contribution in [0.4, 0.5) is 0 Å². The van der Waals surface area contributed by atoms with Crippen molar-refractivity contribution in [2.24, 2.45) is 5.73 Å². The Hall–Kier alpha value is -1.48. The Bertz CT molecular complexity index is 402. The molecule has 0 saturated heterocycles. The number of hydrogen-bond acceptors (Lipinski definition) is 3. The van der Waals surface area contributed by atoms with Crippen molar-refractivity contribution in [3.8, 4) is 11.5 Å². The lowest BCUT2D eigenvalue weighted by molar-refractivity contribution is 0.296. The van der Waals surface area contributed by atoms with Gasteiger partial charge >= 0.3 is 0 Å². The van der Waals surface area contributed by atoms with Crippen LogP contribution in [0, 0.1) is 0 Å². The van der Waals surface area contributed by atoms with E-state index in [-0.39, 0.29) is 6.04 Å². The standard InChI is InChI=1S/C17H27NO2/c1-4-6-7-11-20-17-13-16(19-10-5-2)9-8-15(17)12-14(3)18/h4,8-9,13-14H,1,5-7,10-12,18H2,2-3H3. The van der Waals surface area contributed by atoms with Crippen LogP contribution in [0.25, 0.3) is 0 Å². The Morgan fingerprint density at radius 3 is 2.75 bits per heavy atom. The lowest BCUT2D eigenvalue weighted by Gasteiger charge is -2.15. The smallest absolute Gasteiger partial charge is 0.126 e. The molecule has 1 unspecified atom stereocenters. The first-order valence-electron chi connectivity index (χ1n) is 7.42. The summed E-state index contributed by atoms with van der Waals surface area (Å²) >= 11 is 0. The minimum Gasteiger partial charge on any atom is -0.493 e. The lowest BCUT2D eigenvalue weighted by atomic mass is 10.1. The van der Waals surface area contributed by atoms with Crippen LogP contribution in [0.15, 0.2) is 30.9 Å². The first-order valence-corrected chi connectivity index (χ1v) is 7.42. The molecule has 3 heteroatoms. The quantitative estimate of drug-likeness (QED) is 0.524. The van der Waals surface area contributed by atoms with Crippen molar-refractivity contribution in [3.63, 3.8) is 0 Å². The van der Waals surface area contributed by atoms with Gasteiger partial charge in [0.1, 0.15) is 11.5 Å². The van der Waals surface area contributed by atoms with Gasteiger partial charge in [-0.05, 0) is 44.2 Å². The van der Waals surface area contributed by atoms with Gasteiger partial charge in [0.25, 0.3) is 0 Å². The summed E-state index contributed by atoms with van der Waals surface area (Å²) in [6.45, 7) is 9.23. The molecule has 0 aliphatic carbocycles. The van der Waals surface area contributed by atoms with Gasteiger partial charge in [-0.15, -0.1) is 6.58 Å². The van der Waals surface area contributed by atoms with Gasteiger partial charge in [-0.25, -0.2) is 0 Å². The third-order valence-electron chi connectivity index (χ3n) is 2.86. The van der Waals surface area contributed by atoms with Crippen molar-refractivity contribution in [1.29, 1.82) is 0 Å². The summed E-state index contributed by atoms with van der Waals surface area (Å²) in [4.78, 5) is 0. The molecule has 20 heavy (non-hydrogen) atoms. The fraction of sp³-hybridized carbons (Fsp3) is 0.529. The van der Waals surface area contributed by atoms with Crippen LogP contribution in [-0.4, -0.2) is 19.3 Å². The number of allylic oxidation sites excluding steroid dienone is 1. The van der Waals surface area contributed by atoms with Crippen molar-refractivity contribution < 1.29 is 9.47 Å². The van der Waals surface area contributed by atoms with Gasteiger partial charge < -0.3 is 15.2 Å². The normalized spacial score (nSPS) is 11.9. The van der Waals surface area contributed by atoms with E-state index >= 15 is 0 Å². The fourth-order valence-electron chi connectivity index (χ4n) is 1.90. The second-order valence-electron chi connectivity index (χ2n) is 5.08. The number of benzene rings is 1. The molecule has 3 nitrogen and oxygen atoms in total. The molecule has 0 aromatic heterocycles.